The number of para-hydroxylation sites is 4. The first-order chi connectivity index (χ1) is 31.2. The maximum atomic E-state index is 6.47. The fourth-order valence-corrected chi connectivity index (χ4v) is 10.7. The van der Waals surface area contributed by atoms with E-state index in [1.54, 1.807) is 0 Å². The van der Waals surface area contributed by atoms with Crippen molar-refractivity contribution in [2.45, 2.75) is 0 Å². The minimum Gasteiger partial charge on any atom is -0.455 e. The van der Waals surface area contributed by atoms with E-state index in [0.717, 1.165) is 50.1 Å². The predicted molar refractivity (Wildman–Crippen MR) is 266 cm³/mol. The van der Waals surface area contributed by atoms with E-state index in [1.807, 2.05) is 12.1 Å². The standard InChI is InChI=1S/C60H36N2O/c1-2-13-46-44(11-1)45-12-3-4-14-47(45)55-36-42(32-34-48(46)55)61(41-30-25-38(26-31-41)43-17-9-20-54-51-16-6-8-22-58(51)63-60(43)54)40-28-23-37(24-29-40)39-27-33-50-53-19-10-18-52-49-15-5-7-21-56(49)62(59(52)53)57(50)35-39/h1-36H. The summed E-state index contributed by atoms with van der Waals surface area (Å²) in [6.45, 7) is 0. The van der Waals surface area contributed by atoms with E-state index >= 15 is 0 Å². The number of nitrogens with zero attached hydrogens (tertiary/aromatic N) is 2. The van der Waals surface area contributed by atoms with Crippen LogP contribution >= 0.6 is 0 Å². The molecule has 3 heteroatoms. The van der Waals surface area contributed by atoms with Crippen molar-refractivity contribution in [3.8, 4) is 22.3 Å². The summed E-state index contributed by atoms with van der Waals surface area (Å²) < 4.78 is 8.92. The van der Waals surface area contributed by atoms with Crippen LogP contribution in [-0.4, -0.2) is 4.40 Å². The van der Waals surface area contributed by atoms with Crippen molar-refractivity contribution in [2.24, 2.45) is 0 Å². The zero-order valence-corrected chi connectivity index (χ0v) is 34.1. The molecule has 0 N–H and O–H groups in total. The Labute approximate surface area is 362 Å². The number of anilines is 3. The topological polar surface area (TPSA) is 20.8 Å². The van der Waals surface area contributed by atoms with Crippen LogP contribution in [0.5, 0.6) is 0 Å². The summed E-state index contributed by atoms with van der Waals surface area (Å²) >= 11 is 0. The predicted octanol–water partition coefficient (Wildman–Crippen LogP) is 17.0. The van der Waals surface area contributed by atoms with Crippen LogP contribution in [0.25, 0.3) is 115 Å². The number of furan rings is 1. The van der Waals surface area contributed by atoms with Crippen molar-refractivity contribution in [3.63, 3.8) is 0 Å². The Kier molecular flexibility index (Phi) is 7.11. The number of rotatable bonds is 5. The van der Waals surface area contributed by atoms with Gasteiger partial charge >= 0.3 is 0 Å². The maximum absolute atomic E-state index is 6.47. The first-order valence-corrected chi connectivity index (χ1v) is 21.7. The van der Waals surface area contributed by atoms with Gasteiger partial charge in [0.25, 0.3) is 0 Å². The highest BCUT2D eigenvalue weighted by Crippen LogP contribution is 2.44. The van der Waals surface area contributed by atoms with Crippen LogP contribution in [0.1, 0.15) is 0 Å². The van der Waals surface area contributed by atoms with Crippen molar-refractivity contribution in [3.05, 3.63) is 218 Å². The quantitative estimate of drug-likeness (QED) is 0.162. The number of aromatic nitrogens is 1. The Hall–Kier alpha value is -8.40. The Morgan fingerprint density at radius 1 is 0.302 bits per heavy atom. The summed E-state index contributed by atoms with van der Waals surface area (Å²) in [6.07, 6.45) is 0. The number of fused-ring (bicyclic) bond motifs is 15. The van der Waals surface area contributed by atoms with Gasteiger partial charge in [-0.05, 0) is 104 Å². The van der Waals surface area contributed by atoms with E-state index in [0.29, 0.717) is 0 Å². The fraction of sp³-hybridized carbons (Fsp3) is 0. The lowest BCUT2D eigenvalue weighted by molar-refractivity contribution is 0.670. The molecule has 63 heavy (non-hydrogen) atoms. The molecule has 0 fully saturated rings. The van der Waals surface area contributed by atoms with Crippen LogP contribution in [0.3, 0.4) is 0 Å². The summed E-state index contributed by atoms with van der Waals surface area (Å²) in [7, 11) is 0. The molecule has 0 amide bonds. The van der Waals surface area contributed by atoms with Gasteiger partial charge in [-0.2, -0.15) is 0 Å². The second-order valence-corrected chi connectivity index (χ2v) is 16.8. The van der Waals surface area contributed by atoms with Gasteiger partial charge in [0.05, 0.1) is 16.6 Å². The summed E-state index contributed by atoms with van der Waals surface area (Å²) in [5.41, 5.74) is 13.4. The Morgan fingerprint density at radius 3 is 1.51 bits per heavy atom. The Bertz CT molecular complexity index is 4100. The molecule has 14 aromatic rings. The summed E-state index contributed by atoms with van der Waals surface area (Å²) in [5, 5.41) is 15.0. The van der Waals surface area contributed by atoms with Gasteiger partial charge in [-0.1, -0.05) is 164 Å². The molecule has 3 nitrogen and oxygen atoms in total. The molecule has 0 unspecified atom stereocenters. The highest BCUT2D eigenvalue weighted by Gasteiger charge is 2.20. The lowest BCUT2D eigenvalue weighted by Gasteiger charge is -2.26. The fourth-order valence-electron chi connectivity index (χ4n) is 10.7. The monoisotopic (exact) mass is 800 g/mol. The molecule has 292 valence electrons. The molecular formula is C60H36N2O. The molecule has 0 aliphatic carbocycles. The van der Waals surface area contributed by atoms with Gasteiger partial charge in [0.1, 0.15) is 11.2 Å². The van der Waals surface area contributed by atoms with Crippen LogP contribution in [0.2, 0.25) is 0 Å². The molecule has 0 aliphatic heterocycles. The zero-order valence-electron chi connectivity index (χ0n) is 34.1. The van der Waals surface area contributed by atoms with Crippen LogP contribution in [-0.2, 0) is 0 Å². The van der Waals surface area contributed by atoms with Gasteiger partial charge in [-0.3, -0.25) is 0 Å². The highest BCUT2D eigenvalue weighted by atomic mass is 16.3. The second kappa shape index (κ2) is 13.1. The highest BCUT2D eigenvalue weighted by molar-refractivity contribution is 6.26. The zero-order chi connectivity index (χ0) is 41.2. The van der Waals surface area contributed by atoms with Crippen molar-refractivity contribution in [2.75, 3.05) is 4.90 Å². The van der Waals surface area contributed by atoms with Gasteiger partial charge < -0.3 is 13.7 Å². The van der Waals surface area contributed by atoms with Crippen molar-refractivity contribution in [1.82, 2.24) is 4.40 Å². The van der Waals surface area contributed by atoms with E-state index in [2.05, 4.69) is 216 Å². The molecule has 0 radical (unpaired) electrons. The molecule has 0 spiro atoms. The third-order valence-electron chi connectivity index (χ3n) is 13.5. The van der Waals surface area contributed by atoms with Crippen LogP contribution in [0, 0.1) is 0 Å². The Morgan fingerprint density at radius 2 is 0.794 bits per heavy atom. The van der Waals surface area contributed by atoms with E-state index in [1.165, 1.54) is 81.5 Å². The molecule has 0 atom stereocenters. The third-order valence-corrected chi connectivity index (χ3v) is 13.5. The van der Waals surface area contributed by atoms with Crippen molar-refractivity contribution in [1.29, 1.82) is 0 Å². The molecule has 11 aromatic carbocycles. The van der Waals surface area contributed by atoms with Gasteiger partial charge in [0.15, 0.2) is 0 Å². The number of hydrogen-bond donors (Lipinski definition) is 0. The van der Waals surface area contributed by atoms with Crippen molar-refractivity contribution >= 4 is 109 Å². The Balaban J connectivity index is 0.924. The molecule has 0 bridgehead atoms. The molecule has 0 saturated heterocycles. The van der Waals surface area contributed by atoms with Gasteiger partial charge in [0.2, 0.25) is 0 Å². The lowest BCUT2D eigenvalue weighted by Crippen LogP contribution is -2.10. The molecule has 0 aliphatic rings. The first kappa shape index (κ1) is 34.3. The average molecular weight is 801 g/mol. The summed E-state index contributed by atoms with van der Waals surface area (Å²) in [4.78, 5) is 2.39. The lowest BCUT2D eigenvalue weighted by atomic mass is 9.94. The molecule has 3 heterocycles. The SMILES string of the molecule is c1ccc2c(c1)oc1c(-c3ccc(N(c4ccc(-c5ccc6c7cccc8c9ccccc9n(c6c5)c87)cc4)c4ccc5c6ccccc6c6ccccc6c5c4)cc3)cccc12. The van der Waals surface area contributed by atoms with Gasteiger partial charge in [0, 0.05) is 54.9 Å². The summed E-state index contributed by atoms with van der Waals surface area (Å²) in [5.74, 6) is 0. The van der Waals surface area contributed by atoms with Crippen LogP contribution < -0.4 is 4.90 Å². The van der Waals surface area contributed by atoms with Crippen LogP contribution in [0.15, 0.2) is 223 Å². The molecule has 14 rings (SSSR count). The smallest absolute Gasteiger partial charge is 0.143 e. The molecule has 0 saturated carbocycles. The van der Waals surface area contributed by atoms with Gasteiger partial charge in [-0.15, -0.1) is 0 Å². The average Bonchev–Trinajstić information content (AvgIpc) is 4.02. The second-order valence-electron chi connectivity index (χ2n) is 16.8. The van der Waals surface area contributed by atoms with E-state index in [9.17, 15) is 0 Å². The number of benzene rings is 11. The van der Waals surface area contributed by atoms with Crippen molar-refractivity contribution < 1.29 is 4.42 Å². The molecule has 3 aromatic heterocycles. The largest absolute Gasteiger partial charge is 0.455 e. The van der Waals surface area contributed by atoms with Crippen LogP contribution in [0.4, 0.5) is 17.1 Å². The minimum absolute atomic E-state index is 0.906. The normalized spacial score (nSPS) is 12.1. The first-order valence-electron chi connectivity index (χ1n) is 21.7. The number of hydrogen-bond acceptors (Lipinski definition) is 2. The van der Waals surface area contributed by atoms with Gasteiger partial charge in [-0.25, -0.2) is 0 Å². The maximum Gasteiger partial charge on any atom is 0.143 e. The minimum atomic E-state index is 0.906. The summed E-state index contributed by atoms with van der Waals surface area (Å²) in [6, 6.07) is 79.7. The third kappa shape index (κ3) is 4.96. The van der Waals surface area contributed by atoms with E-state index in [4.69, 9.17) is 4.42 Å². The van der Waals surface area contributed by atoms with E-state index in [-0.39, 0.29) is 0 Å². The molecular weight excluding hydrogens is 765 g/mol. The van der Waals surface area contributed by atoms with E-state index < -0.39 is 0 Å².